The van der Waals surface area contributed by atoms with E-state index in [1.165, 1.54) is 31.7 Å². The van der Waals surface area contributed by atoms with Gasteiger partial charge in [0.1, 0.15) is 5.82 Å². The van der Waals surface area contributed by atoms with E-state index in [9.17, 15) is 17.6 Å². The van der Waals surface area contributed by atoms with Crippen LogP contribution in [0.2, 0.25) is 0 Å². The molecule has 1 saturated carbocycles. The molecule has 1 aliphatic carbocycles. The smallest absolute Gasteiger partial charge is 0.206 e. The average molecular weight is 338 g/mol. The zero-order chi connectivity index (χ0) is 17.6. The van der Waals surface area contributed by atoms with E-state index in [2.05, 4.69) is 24.8 Å². The van der Waals surface area contributed by atoms with Crippen LogP contribution in [0.15, 0.2) is 30.4 Å². The second-order valence-corrected chi connectivity index (χ2v) is 6.39. The minimum absolute atomic E-state index is 0.247. The van der Waals surface area contributed by atoms with Crippen LogP contribution in [-0.2, 0) is 6.18 Å². The number of hydrogen-bond donors (Lipinski definition) is 0. The van der Waals surface area contributed by atoms with Crippen LogP contribution in [0.5, 0.6) is 0 Å². The maximum absolute atomic E-state index is 13.4. The maximum atomic E-state index is 13.4. The zero-order valence-electron chi connectivity index (χ0n) is 13.8. The minimum Gasteiger partial charge on any atom is -0.206 e. The summed E-state index contributed by atoms with van der Waals surface area (Å²) in [7, 11) is 0. The molecular formula is C20H22F4. The molecule has 0 saturated heterocycles. The molecule has 0 amide bonds. The predicted molar refractivity (Wildman–Crippen MR) is 87.8 cm³/mol. The highest BCUT2D eigenvalue weighted by atomic mass is 19.4. The Bertz CT molecular complexity index is 623. The quantitative estimate of drug-likeness (QED) is 0.444. The Kier molecular flexibility index (Phi) is 6.48. The van der Waals surface area contributed by atoms with E-state index in [0.29, 0.717) is 5.92 Å². The van der Waals surface area contributed by atoms with E-state index >= 15 is 0 Å². The van der Waals surface area contributed by atoms with Gasteiger partial charge in [0.25, 0.3) is 0 Å². The van der Waals surface area contributed by atoms with E-state index in [1.54, 1.807) is 6.08 Å². The molecule has 24 heavy (non-hydrogen) atoms. The Morgan fingerprint density at radius 2 is 1.88 bits per heavy atom. The van der Waals surface area contributed by atoms with Crippen LogP contribution in [0.1, 0.15) is 56.6 Å². The number of hydrogen-bond acceptors (Lipinski definition) is 0. The lowest BCUT2D eigenvalue weighted by Gasteiger charge is -2.26. The molecule has 0 bridgehead atoms. The van der Waals surface area contributed by atoms with E-state index in [-0.39, 0.29) is 5.56 Å². The first-order chi connectivity index (χ1) is 11.4. The topological polar surface area (TPSA) is 0 Å². The lowest BCUT2D eigenvalue weighted by Crippen LogP contribution is -2.12. The second kappa shape index (κ2) is 8.37. The molecule has 0 radical (unpaired) electrons. The van der Waals surface area contributed by atoms with Gasteiger partial charge in [0, 0.05) is 5.56 Å². The standard InChI is InChI=1S/C20H22F4/c1-2-5-15-8-10-16(11-9-15)6-3-4-7-17-12-13-18(19(21)14-17)20(22,23)24/h3,6,12-16H,2,5,8-11H2,1H3/t15-,16-. The van der Waals surface area contributed by atoms with Crippen molar-refractivity contribution in [3.05, 3.63) is 47.3 Å². The van der Waals surface area contributed by atoms with Gasteiger partial charge in [-0.3, -0.25) is 0 Å². The summed E-state index contributed by atoms with van der Waals surface area (Å²) in [6.07, 6.45) is 6.49. The van der Waals surface area contributed by atoms with Gasteiger partial charge in [-0.1, -0.05) is 37.7 Å². The molecule has 2 rings (SSSR count). The summed E-state index contributed by atoms with van der Waals surface area (Å²) < 4.78 is 50.9. The van der Waals surface area contributed by atoms with Crippen molar-refractivity contribution in [1.29, 1.82) is 0 Å². The summed E-state index contributed by atoms with van der Waals surface area (Å²) in [5.41, 5.74) is -1.01. The summed E-state index contributed by atoms with van der Waals surface area (Å²) in [5, 5.41) is 0. The molecule has 0 aromatic heterocycles. The van der Waals surface area contributed by atoms with Gasteiger partial charge in [-0.2, -0.15) is 13.2 Å². The number of alkyl halides is 3. The second-order valence-electron chi connectivity index (χ2n) is 6.39. The highest BCUT2D eigenvalue weighted by Crippen LogP contribution is 2.32. The van der Waals surface area contributed by atoms with E-state index < -0.39 is 17.6 Å². The van der Waals surface area contributed by atoms with Gasteiger partial charge in [-0.05, 0) is 61.8 Å². The molecule has 0 nitrogen and oxygen atoms in total. The van der Waals surface area contributed by atoms with Crippen LogP contribution in [0.4, 0.5) is 17.6 Å². The molecule has 1 fully saturated rings. The lowest BCUT2D eigenvalue weighted by atomic mass is 9.80. The van der Waals surface area contributed by atoms with Crippen molar-refractivity contribution < 1.29 is 17.6 Å². The van der Waals surface area contributed by atoms with Gasteiger partial charge < -0.3 is 0 Å². The van der Waals surface area contributed by atoms with Crippen LogP contribution in [0.3, 0.4) is 0 Å². The third-order valence-corrected chi connectivity index (χ3v) is 4.53. The van der Waals surface area contributed by atoms with Crippen LogP contribution in [0, 0.1) is 29.5 Å². The Labute approximate surface area is 141 Å². The number of halogens is 4. The fraction of sp³-hybridized carbons (Fsp3) is 0.500. The van der Waals surface area contributed by atoms with Crippen molar-refractivity contribution in [2.45, 2.75) is 51.6 Å². The molecule has 0 atom stereocenters. The fourth-order valence-electron chi connectivity index (χ4n) is 3.21. The van der Waals surface area contributed by atoms with E-state index in [4.69, 9.17) is 0 Å². The zero-order valence-corrected chi connectivity index (χ0v) is 13.8. The third-order valence-electron chi connectivity index (χ3n) is 4.53. The Hall–Kier alpha value is -1.76. The minimum atomic E-state index is -4.67. The Balaban J connectivity index is 1.91. The van der Waals surface area contributed by atoms with Crippen molar-refractivity contribution in [2.75, 3.05) is 0 Å². The van der Waals surface area contributed by atoms with Crippen LogP contribution < -0.4 is 0 Å². The molecule has 130 valence electrons. The average Bonchev–Trinajstić information content (AvgIpc) is 2.52. The molecule has 0 heterocycles. The molecule has 0 spiro atoms. The summed E-state index contributed by atoms with van der Waals surface area (Å²) >= 11 is 0. The Morgan fingerprint density at radius 1 is 1.17 bits per heavy atom. The van der Waals surface area contributed by atoms with Gasteiger partial charge in [-0.25, -0.2) is 4.39 Å². The first-order valence-electron chi connectivity index (χ1n) is 8.45. The summed E-state index contributed by atoms with van der Waals surface area (Å²) in [6.45, 7) is 2.21. The van der Waals surface area contributed by atoms with Crippen molar-refractivity contribution >= 4 is 0 Å². The SMILES string of the molecule is CCC[C@H]1CC[C@H](C=CC#Cc2ccc(C(F)(F)F)c(F)c2)CC1. The van der Waals surface area contributed by atoms with E-state index in [1.807, 2.05) is 0 Å². The molecular weight excluding hydrogens is 316 g/mol. The number of benzene rings is 1. The van der Waals surface area contributed by atoms with Crippen molar-refractivity contribution in [2.24, 2.45) is 11.8 Å². The largest absolute Gasteiger partial charge is 0.419 e. The van der Waals surface area contributed by atoms with Crippen LogP contribution >= 0.6 is 0 Å². The maximum Gasteiger partial charge on any atom is 0.419 e. The van der Waals surface area contributed by atoms with Crippen molar-refractivity contribution in [3.8, 4) is 11.8 Å². The highest BCUT2D eigenvalue weighted by Gasteiger charge is 2.33. The molecule has 0 N–H and O–H groups in total. The van der Waals surface area contributed by atoms with Gasteiger partial charge in [0.05, 0.1) is 5.56 Å². The first-order valence-corrected chi connectivity index (χ1v) is 8.45. The van der Waals surface area contributed by atoms with Crippen LogP contribution in [-0.4, -0.2) is 0 Å². The number of rotatable bonds is 3. The Morgan fingerprint density at radius 3 is 2.46 bits per heavy atom. The monoisotopic (exact) mass is 338 g/mol. The highest BCUT2D eigenvalue weighted by molar-refractivity contribution is 5.39. The van der Waals surface area contributed by atoms with E-state index in [0.717, 1.165) is 30.9 Å². The molecule has 0 unspecified atom stereocenters. The summed E-state index contributed by atoms with van der Waals surface area (Å²) in [6, 6.07) is 2.76. The molecule has 4 heteroatoms. The number of allylic oxidation sites excluding steroid dienone is 2. The summed E-state index contributed by atoms with van der Waals surface area (Å²) in [5.74, 6) is 5.57. The lowest BCUT2D eigenvalue weighted by molar-refractivity contribution is -0.140. The normalized spacial score (nSPS) is 21.5. The van der Waals surface area contributed by atoms with Crippen LogP contribution in [0.25, 0.3) is 0 Å². The van der Waals surface area contributed by atoms with Gasteiger partial charge in [0.2, 0.25) is 0 Å². The van der Waals surface area contributed by atoms with Crippen molar-refractivity contribution in [1.82, 2.24) is 0 Å². The molecule has 1 aromatic rings. The molecule has 0 aliphatic heterocycles. The third kappa shape index (κ3) is 5.40. The summed E-state index contributed by atoms with van der Waals surface area (Å²) in [4.78, 5) is 0. The van der Waals surface area contributed by atoms with Gasteiger partial charge in [0.15, 0.2) is 0 Å². The fourth-order valence-corrected chi connectivity index (χ4v) is 3.21. The van der Waals surface area contributed by atoms with Crippen molar-refractivity contribution in [3.63, 3.8) is 0 Å². The van der Waals surface area contributed by atoms with Gasteiger partial charge >= 0.3 is 6.18 Å². The molecule has 1 aromatic carbocycles. The predicted octanol–water partition coefficient (Wildman–Crippen LogP) is 6.36. The first kappa shape index (κ1) is 18.6. The molecule has 1 aliphatic rings. The van der Waals surface area contributed by atoms with Gasteiger partial charge in [-0.15, -0.1) is 0 Å².